The molecule has 4 nitrogen and oxygen atoms in total. The molecule has 0 radical (unpaired) electrons. The second-order valence-corrected chi connectivity index (χ2v) is 4.59. The third-order valence-corrected chi connectivity index (χ3v) is 3.37. The fourth-order valence-electron chi connectivity index (χ4n) is 1.66. The Morgan fingerprint density at radius 2 is 2.11 bits per heavy atom. The second kappa shape index (κ2) is 5.18. The summed E-state index contributed by atoms with van der Waals surface area (Å²) in [6.45, 7) is 1.66. The van der Waals surface area contributed by atoms with Crippen LogP contribution in [0.15, 0.2) is 18.2 Å². The number of aromatic nitrogens is 2. The maximum atomic E-state index is 9.32. The minimum absolute atomic E-state index is 0.146. The van der Waals surface area contributed by atoms with Crippen molar-refractivity contribution < 1.29 is 9.84 Å². The average Bonchev–Trinajstić information content (AvgIpc) is 2.59. The molecule has 96 valence electrons. The molecule has 2 aromatic rings. The van der Waals surface area contributed by atoms with E-state index in [-0.39, 0.29) is 6.61 Å². The summed E-state index contributed by atoms with van der Waals surface area (Å²) < 4.78 is 7.24. The van der Waals surface area contributed by atoms with Crippen molar-refractivity contribution in [3.8, 4) is 11.6 Å². The van der Waals surface area contributed by atoms with Crippen LogP contribution in [0.1, 0.15) is 11.3 Å². The van der Waals surface area contributed by atoms with Gasteiger partial charge in [0, 0.05) is 7.05 Å². The lowest BCUT2D eigenvalue weighted by molar-refractivity contribution is 0.274. The summed E-state index contributed by atoms with van der Waals surface area (Å²) in [6, 6.07) is 5.13. The van der Waals surface area contributed by atoms with Crippen molar-refractivity contribution in [1.29, 1.82) is 0 Å². The molecule has 0 fully saturated rings. The number of halogens is 2. The van der Waals surface area contributed by atoms with Crippen LogP contribution in [-0.4, -0.2) is 14.9 Å². The molecule has 0 atom stereocenters. The summed E-state index contributed by atoms with van der Waals surface area (Å²) in [5.74, 6) is 0.890. The van der Waals surface area contributed by atoms with Crippen molar-refractivity contribution in [3.05, 3.63) is 39.5 Å². The molecule has 0 aliphatic carbocycles. The summed E-state index contributed by atoms with van der Waals surface area (Å²) in [6.07, 6.45) is 0. The van der Waals surface area contributed by atoms with Gasteiger partial charge in [-0.15, -0.1) is 0 Å². The van der Waals surface area contributed by atoms with E-state index in [1.807, 2.05) is 0 Å². The predicted molar refractivity (Wildman–Crippen MR) is 70.4 cm³/mol. The van der Waals surface area contributed by atoms with Gasteiger partial charge in [-0.05, 0) is 19.1 Å². The molecule has 0 aliphatic heterocycles. The highest BCUT2D eigenvalue weighted by Crippen LogP contribution is 2.36. The molecule has 1 N–H and O–H groups in total. The first kappa shape index (κ1) is 13.2. The van der Waals surface area contributed by atoms with Gasteiger partial charge in [-0.3, -0.25) is 0 Å². The number of benzene rings is 1. The smallest absolute Gasteiger partial charge is 0.223 e. The van der Waals surface area contributed by atoms with Gasteiger partial charge >= 0.3 is 0 Å². The molecule has 0 spiro atoms. The van der Waals surface area contributed by atoms with Gasteiger partial charge in [0.1, 0.15) is 10.8 Å². The topological polar surface area (TPSA) is 47.3 Å². The fourth-order valence-corrected chi connectivity index (χ4v) is 1.99. The zero-order valence-corrected chi connectivity index (χ0v) is 11.5. The van der Waals surface area contributed by atoms with Gasteiger partial charge in [-0.1, -0.05) is 29.3 Å². The van der Waals surface area contributed by atoms with E-state index in [1.54, 1.807) is 36.9 Å². The molecule has 0 amide bonds. The normalized spacial score (nSPS) is 10.7. The van der Waals surface area contributed by atoms with Crippen LogP contribution < -0.4 is 4.74 Å². The van der Waals surface area contributed by atoms with E-state index in [2.05, 4.69) is 5.10 Å². The zero-order valence-electron chi connectivity index (χ0n) is 9.94. The molecule has 0 bridgehead atoms. The van der Waals surface area contributed by atoms with Crippen LogP contribution in [0.25, 0.3) is 0 Å². The summed E-state index contributed by atoms with van der Waals surface area (Å²) in [5.41, 5.74) is 1.35. The van der Waals surface area contributed by atoms with Crippen LogP contribution >= 0.6 is 23.2 Å². The Morgan fingerprint density at radius 1 is 1.39 bits per heavy atom. The van der Waals surface area contributed by atoms with Crippen LogP contribution in [-0.2, 0) is 13.7 Å². The lowest BCUT2D eigenvalue weighted by Crippen LogP contribution is -1.97. The van der Waals surface area contributed by atoms with Crippen LogP contribution in [0.4, 0.5) is 0 Å². The lowest BCUT2D eigenvalue weighted by Gasteiger charge is -2.09. The van der Waals surface area contributed by atoms with E-state index in [0.717, 1.165) is 0 Å². The summed E-state index contributed by atoms with van der Waals surface area (Å²) in [7, 11) is 1.74. The lowest BCUT2D eigenvalue weighted by atomic mass is 10.2. The largest absolute Gasteiger partial charge is 0.437 e. The van der Waals surface area contributed by atoms with E-state index in [1.165, 1.54) is 0 Å². The van der Waals surface area contributed by atoms with Gasteiger partial charge in [-0.2, -0.15) is 5.10 Å². The Bertz CT molecular complexity index is 582. The molecule has 2 rings (SSSR count). The number of hydrogen-bond acceptors (Lipinski definition) is 3. The second-order valence-electron chi connectivity index (χ2n) is 3.80. The number of ether oxygens (including phenoxy) is 1. The highest BCUT2D eigenvalue weighted by molar-refractivity contribution is 6.42. The highest BCUT2D eigenvalue weighted by atomic mass is 35.5. The third kappa shape index (κ3) is 2.32. The van der Waals surface area contributed by atoms with Gasteiger partial charge in [-0.25, -0.2) is 4.68 Å². The van der Waals surface area contributed by atoms with Gasteiger partial charge in [0.2, 0.25) is 5.88 Å². The molecule has 0 aliphatic rings. The predicted octanol–water partition coefficient (Wildman–Crippen LogP) is 3.32. The van der Waals surface area contributed by atoms with Crippen molar-refractivity contribution in [1.82, 2.24) is 9.78 Å². The van der Waals surface area contributed by atoms with Crippen LogP contribution in [0.5, 0.6) is 11.6 Å². The van der Waals surface area contributed by atoms with E-state index in [0.29, 0.717) is 32.9 Å². The van der Waals surface area contributed by atoms with E-state index in [9.17, 15) is 5.11 Å². The van der Waals surface area contributed by atoms with Crippen LogP contribution in [0.2, 0.25) is 10.0 Å². The molecular formula is C12H12Cl2N2O2. The Labute approximate surface area is 115 Å². The van der Waals surface area contributed by atoms with Gasteiger partial charge in [0.25, 0.3) is 0 Å². The number of rotatable bonds is 3. The maximum absolute atomic E-state index is 9.32. The maximum Gasteiger partial charge on any atom is 0.223 e. The monoisotopic (exact) mass is 286 g/mol. The minimum atomic E-state index is -0.146. The van der Waals surface area contributed by atoms with Crippen molar-refractivity contribution in [2.75, 3.05) is 0 Å². The highest BCUT2D eigenvalue weighted by Gasteiger charge is 2.16. The van der Waals surface area contributed by atoms with Gasteiger partial charge in [0.15, 0.2) is 0 Å². The van der Waals surface area contributed by atoms with Gasteiger partial charge in [0.05, 0.1) is 22.9 Å². The molecule has 1 heterocycles. The fraction of sp³-hybridized carbons (Fsp3) is 0.250. The molecule has 0 saturated carbocycles. The Balaban J connectivity index is 2.43. The average molecular weight is 287 g/mol. The number of aryl methyl sites for hydroxylation is 2. The van der Waals surface area contributed by atoms with E-state index >= 15 is 0 Å². The standard InChI is InChI=1S/C12H12Cl2N2O2/c1-7-8(6-17)12(16(2)15-7)18-10-5-3-4-9(13)11(10)14/h3-5,17H,6H2,1-2H3. The number of aliphatic hydroxyl groups excluding tert-OH is 1. The van der Waals surface area contributed by atoms with E-state index < -0.39 is 0 Å². The van der Waals surface area contributed by atoms with Gasteiger partial charge < -0.3 is 9.84 Å². The molecule has 1 aromatic carbocycles. The van der Waals surface area contributed by atoms with Crippen LogP contribution in [0.3, 0.4) is 0 Å². The molecule has 0 unspecified atom stereocenters. The number of nitrogens with zero attached hydrogens (tertiary/aromatic N) is 2. The quantitative estimate of drug-likeness (QED) is 0.942. The first-order valence-corrected chi connectivity index (χ1v) is 6.05. The SMILES string of the molecule is Cc1nn(C)c(Oc2cccc(Cl)c2Cl)c1CO. The Hall–Kier alpha value is -1.23. The first-order chi connectivity index (χ1) is 8.54. The first-order valence-electron chi connectivity index (χ1n) is 5.29. The number of aliphatic hydroxyl groups is 1. The van der Waals surface area contributed by atoms with E-state index in [4.69, 9.17) is 27.9 Å². The molecular weight excluding hydrogens is 275 g/mol. The molecule has 18 heavy (non-hydrogen) atoms. The summed E-state index contributed by atoms with van der Waals surface area (Å²) in [4.78, 5) is 0. The minimum Gasteiger partial charge on any atom is -0.437 e. The Kier molecular flexibility index (Phi) is 3.80. The number of hydrogen-bond donors (Lipinski definition) is 1. The molecule has 0 saturated heterocycles. The molecule has 1 aromatic heterocycles. The Morgan fingerprint density at radius 3 is 2.78 bits per heavy atom. The van der Waals surface area contributed by atoms with Crippen molar-refractivity contribution >= 4 is 23.2 Å². The van der Waals surface area contributed by atoms with Crippen molar-refractivity contribution in [2.24, 2.45) is 7.05 Å². The van der Waals surface area contributed by atoms with Crippen molar-refractivity contribution in [2.45, 2.75) is 13.5 Å². The zero-order chi connectivity index (χ0) is 13.3. The van der Waals surface area contributed by atoms with Crippen molar-refractivity contribution in [3.63, 3.8) is 0 Å². The van der Waals surface area contributed by atoms with Crippen LogP contribution in [0, 0.1) is 6.92 Å². The summed E-state index contributed by atoms with van der Waals surface area (Å²) in [5, 5.41) is 14.3. The third-order valence-electron chi connectivity index (χ3n) is 2.57. The summed E-state index contributed by atoms with van der Waals surface area (Å²) >= 11 is 12.0. The molecule has 6 heteroatoms.